The van der Waals surface area contributed by atoms with Crippen molar-refractivity contribution in [3.05, 3.63) is 35.9 Å². The highest BCUT2D eigenvalue weighted by molar-refractivity contribution is 5.84. The van der Waals surface area contributed by atoms with Crippen LogP contribution >= 0.6 is 0 Å². The lowest BCUT2D eigenvalue weighted by Gasteiger charge is -2.19. The first kappa shape index (κ1) is 18.2. The monoisotopic (exact) mass is 305 g/mol. The highest BCUT2D eigenvalue weighted by Gasteiger charge is 2.23. The van der Waals surface area contributed by atoms with Gasteiger partial charge in [0, 0.05) is 6.54 Å². The first-order chi connectivity index (χ1) is 10.5. The number of aliphatic carboxylic acids is 1. The van der Waals surface area contributed by atoms with Crippen LogP contribution in [0.15, 0.2) is 30.3 Å². The van der Waals surface area contributed by atoms with Crippen LogP contribution in [0.1, 0.15) is 51.5 Å². The van der Waals surface area contributed by atoms with Crippen molar-refractivity contribution in [2.45, 2.75) is 46.0 Å². The molecule has 2 N–H and O–H groups in total. The van der Waals surface area contributed by atoms with Gasteiger partial charge in [0.25, 0.3) is 0 Å². The minimum atomic E-state index is -0.847. The van der Waals surface area contributed by atoms with Crippen molar-refractivity contribution < 1.29 is 14.7 Å². The molecule has 1 rings (SSSR count). The van der Waals surface area contributed by atoms with Gasteiger partial charge in [-0.3, -0.25) is 9.59 Å². The maximum atomic E-state index is 12.4. The molecular weight excluding hydrogens is 278 g/mol. The third-order valence-corrected chi connectivity index (χ3v) is 3.72. The summed E-state index contributed by atoms with van der Waals surface area (Å²) in [4.78, 5) is 23.7. The lowest BCUT2D eigenvalue weighted by atomic mass is 9.92. The van der Waals surface area contributed by atoms with Crippen LogP contribution < -0.4 is 5.32 Å². The number of carbonyl (C=O) groups excluding carboxylic acids is 1. The van der Waals surface area contributed by atoms with Crippen molar-refractivity contribution in [1.82, 2.24) is 5.32 Å². The number of rotatable bonds is 9. The summed E-state index contributed by atoms with van der Waals surface area (Å²) in [5.41, 5.74) is 0.984. The molecule has 0 bridgehead atoms. The van der Waals surface area contributed by atoms with Gasteiger partial charge in [-0.2, -0.15) is 0 Å². The number of carboxylic acid groups (broad SMARTS) is 1. The Bertz CT molecular complexity index is 470. The molecule has 0 saturated carbocycles. The third kappa shape index (κ3) is 5.88. The van der Waals surface area contributed by atoms with E-state index in [9.17, 15) is 14.7 Å². The maximum absolute atomic E-state index is 12.4. The highest BCUT2D eigenvalue weighted by Crippen LogP contribution is 2.21. The molecular formula is C18H27NO3. The zero-order chi connectivity index (χ0) is 16.5. The topological polar surface area (TPSA) is 66.4 Å². The molecule has 1 amide bonds. The minimum Gasteiger partial charge on any atom is -0.481 e. The summed E-state index contributed by atoms with van der Waals surface area (Å²) in [5, 5.41) is 12.1. The molecule has 0 aliphatic carbocycles. The largest absolute Gasteiger partial charge is 0.481 e. The van der Waals surface area contributed by atoms with Gasteiger partial charge in [0.1, 0.15) is 0 Å². The van der Waals surface area contributed by atoms with Crippen LogP contribution in [-0.4, -0.2) is 23.5 Å². The molecule has 4 nitrogen and oxygen atoms in total. The lowest BCUT2D eigenvalue weighted by Crippen LogP contribution is -2.36. The molecule has 0 heterocycles. The average molecular weight is 305 g/mol. The molecule has 4 heteroatoms. The fourth-order valence-corrected chi connectivity index (χ4v) is 2.61. The van der Waals surface area contributed by atoms with Crippen LogP contribution in [0.3, 0.4) is 0 Å². The first-order valence-electron chi connectivity index (χ1n) is 8.01. The van der Waals surface area contributed by atoms with Crippen molar-refractivity contribution in [3.63, 3.8) is 0 Å². The van der Waals surface area contributed by atoms with E-state index in [0.29, 0.717) is 12.3 Å². The summed E-state index contributed by atoms with van der Waals surface area (Å²) < 4.78 is 0. The summed E-state index contributed by atoms with van der Waals surface area (Å²) in [6.07, 6.45) is 2.23. The molecule has 0 spiro atoms. The van der Waals surface area contributed by atoms with Gasteiger partial charge in [-0.15, -0.1) is 0 Å². The average Bonchev–Trinajstić information content (AvgIpc) is 2.49. The molecule has 0 saturated heterocycles. The highest BCUT2D eigenvalue weighted by atomic mass is 16.4. The van der Waals surface area contributed by atoms with Gasteiger partial charge < -0.3 is 10.4 Å². The van der Waals surface area contributed by atoms with Crippen LogP contribution in [0.2, 0.25) is 0 Å². The molecule has 0 aliphatic heterocycles. The smallest absolute Gasteiger partial charge is 0.308 e. The van der Waals surface area contributed by atoms with Gasteiger partial charge >= 0.3 is 5.97 Å². The van der Waals surface area contributed by atoms with Gasteiger partial charge in [-0.05, 0) is 24.3 Å². The molecule has 122 valence electrons. The van der Waals surface area contributed by atoms with Gasteiger partial charge in [0.05, 0.1) is 11.8 Å². The van der Waals surface area contributed by atoms with E-state index in [1.807, 2.05) is 51.1 Å². The van der Waals surface area contributed by atoms with E-state index in [2.05, 4.69) is 5.32 Å². The van der Waals surface area contributed by atoms with Crippen LogP contribution in [0.25, 0.3) is 0 Å². The molecule has 0 fully saturated rings. The van der Waals surface area contributed by atoms with E-state index in [0.717, 1.165) is 18.4 Å². The molecule has 2 atom stereocenters. The van der Waals surface area contributed by atoms with E-state index >= 15 is 0 Å². The maximum Gasteiger partial charge on any atom is 0.308 e. The minimum absolute atomic E-state index is 0.0805. The van der Waals surface area contributed by atoms with Crippen molar-refractivity contribution in [2.75, 3.05) is 6.54 Å². The van der Waals surface area contributed by atoms with Gasteiger partial charge in [0.15, 0.2) is 0 Å². The summed E-state index contributed by atoms with van der Waals surface area (Å²) in [6, 6.07) is 9.66. The second-order valence-electron chi connectivity index (χ2n) is 6.16. The fraction of sp³-hybridized carbons (Fsp3) is 0.556. The second-order valence-corrected chi connectivity index (χ2v) is 6.16. The predicted molar refractivity (Wildman–Crippen MR) is 87.7 cm³/mol. The number of hydrogen-bond acceptors (Lipinski definition) is 2. The zero-order valence-corrected chi connectivity index (χ0v) is 13.7. The summed E-state index contributed by atoms with van der Waals surface area (Å²) in [7, 11) is 0. The summed E-state index contributed by atoms with van der Waals surface area (Å²) in [6.45, 7) is 6.21. The Labute approximate surface area is 132 Å². The standard InChI is InChI=1S/C18H27NO3/c1-4-8-16(14-9-6-5-7-10-14)17(20)19-12-15(18(21)22)11-13(2)3/h5-7,9-10,13,15-16H,4,8,11-12H2,1-3H3,(H,19,20)(H,21,22). The van der Waals surface area contributed by atoms with Crippen molar-refractivity contribution >= 4 is 11.9 Å². The van der Waals surface area contributed by atoms with E-state index in [4.69, 9.17) is 0 Å². The Hall–Kier alpha value is -1.84. The van der Waals surface area contributed by atoms with Crippen molar-refractivity contribution in [1.29, 1.82) is 0 Å². The Morgan fingerprint density at radius 2 is 1.82 bits per heavy atom. The Balaban J connectivity index is 2.69. The zero-order valence-electron chi connectivity index (χ0n) is 13.7. The molecule has 1 aromatic rings. The molecule has 0 aliphatic rings. The molecule has 0 radical (unpaired) electrons. The number of nitrogens with one attached hydrogen (secondary N) is 1. The van der Waals surface area contributed by atoms with Crippen LogP contribution in [0.5, 0.6) is 0 Å². The Morgan fingerprint density at radius 3 is 2.32 bits per heavy atom. The van der Waals surface area contributed by atoms with Crippen LogP contribution in [0.4, 0.5) is 0 Å². The fourth-order valence-electron chi connectivity index (χ4n) is 2.61. The van der Waals surface area contributed by atoms with E-state index < -0.39 is 11.9 Å². The Kier molecular flexibility index (Phi) is 7.64. The molecule has 0 aromatic heterocycles. The van der Waals surface area contributed by atoms with Crippen molar-refractivity contribution in [3.8, 4) is 0 Å². The van der Waals surface area contributed by atoms with E-state index in [1.165, 1.54) is 0 Å². The van der Waals surface area contributed by atoms with Crippen molar-refractivity contribution in [2.24, 2.45) is 11.8 Å². The predicted octanol–water partition coefficient (Wildman–Crippen LogP) is 3.43. The normalized spacial score (nSPS) is 13.6. The Morgan fingerprint density at radius 1 is 1.18 bits per heavy atom. The van der Waals surface area contributed by atoms with Gasteiger partial charge in [0.2, 0.25) is 5.91 Å². The number of carbonyl (C=O) groups is 2. The van der Waals surface area contributed by atoms with E-state index in [1.54, 1.807) is 0 Å². The first-order valence-corrected chi connectivity index (χ1v) is 8.01. The van der Waals surface area contributed by atoms with Crippen LogP contribution in [-0.2, 0) is 9.59 Å². The molecule has 1 aromatic carbocycles. The molecule has 22 heavy (non-hydrogen) atoms. The van der Waals surface area contributed by atoms with Crippen LogP contribution in [0, 0.1) is 11.8 Å². The lowest BCUT2D eigenvalue weighted by molar-refractivity contribution is -0.142. The quantitative estimate of drug-likeness (QED) is 0.734. The van der Waals surface area contributed by atoms with Gasteiger partial charge in [-0.25, -0.2) is 0 Å². The number of benzene rings is 1. The van der Waals surface area contributed by atoms with Gasteiger partial charge in [-0.1, -0.05) is 57.5 Å². The second kappa shape index (κ2) is 9.23. The number of amides is 1. The summed E-state index contributed by atoms with van der Waals surface area (Å²) in [5.74, 6) is -1.37. The van der Waals surface area contributed by atoms with E-state index in [-0.39, 0.29) is 18.4 Å². The third-order valence-electron chi connectivity index (χ3n) is 3.72. The summed E-state index contributed by atoms with van der Waals surface area (Å²) >= 11 is 0. The SMILES string of the molecule is CCCC(C(=O)NCC(CC(C)C)C(=O)O)c1ccccc1. The molecule has 2 unspecified atom stereocenters. The number of hydrogen-bond donors (Lipinski definition) is 2. The number of carboxylic acids is 1.